The molecule has 0 saturated carbocycles. The molecular weight excluding hydrogens is 236 g/mol. The van der Waals surface area contributed by atoms with Crippen LogP contribution in [0.4, 0.5) is 0 Å². The van der Waals surface area contributed by atoms with Crippen molar-refractivity contribution >= 4 is 9.04 Å². The Morgan fingerprint density at radius 2 is 2.00 bits per heavy atom. The zero-order valence-corrected chi connectivity index (χ0v) is 13.2. The van der Waals surface area contributed by atoms with Crippen molar-refractivity contribution in [2.45, 2.75) is 52.1 Å². The Balaban J connectivity index is 1.96. The van der Waals surface area contributed by atoms with Gasteiger partial charge in [0.2, 0.25) is 0 Å². The van der Waals surface area contributed by atoms with Gasteiger partial charge >= 0.3 is 0 Å². The summed E-state index contributed by atoms with van der Waals surface area (Å²) in [6.45, 7) is 8.06. The lowest BCUT2D eigenvalue weighted by Gasteiger charge is -2.31. The monoisotopic (exact) mass is 262 g/mol. The van der Waals surface area contributed by atoms with Gasteiger partial charge in [0.05, 0.1) is 0 Å². The van der Waals surface area contributed by atoms with Gasteiger partial charge < -0.3 is 4.43 Å². The van der Waals surface area contributed by atoms with E-state index in [-0.39, 0.29) is 0 Å². The Labute approximate surface area is 113 Å². The van der Waals surface area contributed by atoms with E-state index in [1.807, 2.05) is 0 Å². The molecule has 0 bridgehead atoms. The number of hydrogen-bond acceptors (Lipinski definition) is 1. The minimum absolute atomic E-state index is 0.389. The van der Waals surface area contributed by atoms with Crippen LogP contribution in [0.25, 0.3) is 0 Å². The fraction of sp³-hybridized carbons (Fsp3) is 0.625. The van der Waals surface area contributed by atoms with E-state index in [1.54, 1.807) is 0 Å². The summed E-state index contributed by atoms with van der Waals surface area (Å²) in [5, 5.41) is 0. The van der Waals surface area contributed by atoms with E-state index in [1.165, 1.54) is 42.5 Å². The molecule has 0 spiro atoms. The lowest BCUT2D eigenvalue weighted by molar-refractivity contribution is 0.270. The van der Waals surface area contributed by atoms with Crippen molar-refractivity contribution in [1.29, 1.82) is 0 Å². The first kappa shape index (κ1) is 13.8. The summed E-state index contributed by atoms with van der Waals surface area (Å²) in [5.41, 5.74) is 3.32. The molecule has 100 valence electrons. The summed E-state index contributed by atoms with van der Waals surface area (Å²) in [7, 11) is -0.908. The summed E-state index contributed by atoms with van der Waals surface area (Å²) in [6.07, 6.45) is 3.87. The first-order valence-corrected chi connectivity index (χ1v) is 9.33. The van der Waals surface area contributed by atoms with Gasteiger partial charge in [-0.3, -0.25) is 0 Å². The second-order valence-electron chi connectivity index (χ2n) is 6.46. The summed E-state index contributed by atoms with van der Waals surface area (Å²) in [5.74, 6) is 0. The Hall–Kier alpha value is -0.603. The molecule has 1 aromatic rings. The second kappa shape index (κ2) is 6.03. The Bertz CT molecular complexity index is 380. The van der Waals surface area contributed by atoms with Gasteiger partial charge in [0.25, 0.3) is 0 Å². The average molecular weight is 262 g/mol. The van der Waals surface area contributed by atoms with E-state index in [0.717, 1.165) is 6.61 Å². The van der Waals surface area contributed by atoms with E-state index in [4.69, 9.17) is 4.43 Å². The van der Waals surface area contributed by atoms with Gasteiger partial charge in [0, 0.05) is 6.61 Å². The Morgan fingerprint density at radius 3 is 2.67 bits per heavy atom. The fourth-order valence-electron chi connectivity index (χ4n) is 2.98. The van der Waals surface area contributed by atoms with Gasteiger partial charge in [-0.1, -0.05) is 44.5 Å². The van der Waals surface area contributed by atoms with Gasteiger partial charge in [0.1, 0.15) is 0 Å². The minimum Gasteiger partial charge on any atom is -0.420 e. The van der Waals surface area contributed by atoms with Crippen LogP contribution >= 0.6 is 0 Å². The van der Waals surface area contributed by atoms with Crippen LogP contribution in [-0.2, 0) is 10.8 Å². The SMILES string of the molecule is Cc1ccccc1CC(C)(C)C[SiH]1CCCCO1. The molecule has 1 saturated heterocycles. The van der Waals surface area contributed by atoms with Crippen molar-refractivity contribution < 1.29 is 4.43 Å². The molecular formula is C16H26OSi. The van der Waals surface area contributed by atoms with Crippen LogP contribution < -0.4 is 0 Å². The number of hydrogen-bond donors (Lipinski definition) is 0. The highest BCUT2D eigenvalue weighted by Crippen LogP contribution is 2.32. The first-order chi connectivity index (χ1) is 8.57. The molecule has 2 rings (SSSR count). The molecule has 1 heterocycles. The third-order valence-electron chi connectivity index (χ3n) is 3.98. The van der Waals surface area contributed by atoms with Gasteiger partial charge in [-0.2, -0.15) is 0 Å². The zero-order chi connectivity index (χ0) is 13.0. The van der Waals surface area contributed by atoms with Crippen LogP contribution in [0.15, 0.2) is 24.3 Å². The quantitative estimate of drug-likeness (QED) is 0.742. The number of rotatable bonds is 4. The van der Waals surface area contributed by atoms with Crippen molar-refractivity contribution in [3.63, 3.8) is 0 Å². The van der Waals surface area contributed by atoms with Gasteiger partial charge in [-0.25, -0.2) is 0 Å². The van der Waals surface area contributed by atoms with Crippen LogP contribution in [0.1, 0.15) is 37.8 Å². The Morgan fingerprint density at radius 1 is 1.22 bits per heavy atom. The molecule has 18 heavy (non-hydrogen) atoms. The molecule has 0 N–H and O–H groups in total. The molecule has 1 unspecified atom stereocenters. The standard InChI is InChI=1S/C16H26OSi/c1-14-8-4-5-9-15(14)12-16(2,3)13-18-11-7-6-10-17-18/h4-5,8-9,18H,6-7,10-13H2,1-3H3. The lowest BCUT2D eigenvalue weighted by Crippen LogP contribution is -2.30. The summed E-state index contributed by atoms with van der Waals surface area (Å²) >= 11 is 0. The van der Waals surface area contributed by atoms with Crippen molar-refractivity contribution in [2.24, 2.45) is 5.41 Å². The molecule has 0 amide bonds. The highest BCUT2D eigenvalue weighted by Gasteiger charge is 2.27. The normalized spacial score (nSPS) is 20.9. The van der Waals surface area contributed by atoms with Crippen LogP contribution in [0.5, 0.6) is 0 Å². The fourth-order valence-corrected chi connectivity index (χ4v) is 6.09. The van der Waals surface area contributed by atoms with Crippen molar-refractivity contribution in [3.8, 4) is 0 Å². The average Bonchev–Trinajstić information content (AvgIpc) is 2.32. The van der Waals surface area contributed by atoms with E-state index in [2.05, 4.69) is 45.0 Å². The van der Waals surface area contributed by atoms with E-state index < -0.39 is 9.04 Å². The van der Waals surface area contributed by atoms with Gasteiger partial charge in [-0.15, -0.1) is 0 Å². The molecule has 0 aromatic heterocycles. The summed E-state index contributed by atoms with van der Waals surface area (Å²) in [6, 6.07) is 11.5. The maximum atomic E-state index is 6.02. The molecule has 0 radical (unpaired) electrons. The smallest absolute Gasteiger partial charge is 0.177 e. The predicted molar refractivity (Wildman–Crippen MR) is 80.6 cm³/mol. The molecule has 1 nitrogen and oxygen atoms in total. The first-order valence-electron chi connectivity index (χ1n) is 7.23. The topological polar surface area (TPSA) is 9.23 Å². The van der Waals surface area contributed by atoms with Crippen molar-refractivity contribution in [2.75, 3.05) is 6.61 Å². The molecule has 1 atom stereocenters. The molecule has 1 fully saturated rings. The highest BCUT2D eigenvalue weighted by molar-refractivity contribution is 6.52. The van der Waals surface area contributed by atoms with Crippen molar-refractivity contribution in [3.05, 3.63) is 35.4 Å². The third-order valence-corrected chi connectivity index (χ3v) is 7.30. The van der Waals surface area contributed by atoms with Crippen LogP contribution in [0.3, 0.4) is 0 Å². The molecule has 1 aromatic carbocycles. The van der Waals surface area contributed by atoms with E-state index in [9.17, 15) is 0 Å². The Kier molecular flexibility index (Phi) is 4.63. The maximum Gasteiger partial charge on any atom is 0.177 e. The molecule has 1 aliphatic heterocycles. The number of benzene rings is 1. The lowest BCUT2D eigenvalue weighted by atomic mass is 9.86. The molecule has 1 aliphatic rings. The predicted octanol–water partition coefficient (Wildman–Crippen LogP) is 4.10. The summed E-state index contributed by atoms with van der Waals surface area (Å²) < 4.78 is 6.02. The van der Waals surface area contributed by atoms with Gasteiger partial charge in [0.15, 0.2) is 9.04 Å². The largest absolute Gasteiger partial charge is 0.420 e. The number of aryl methyl sites for hydroxylation is 1. The van der Waals surface area contributed by atoms with E-state index >= 15 is 0 Å². The minimum atomic E-state index is -0.908. The summed E-state index contributed by atoms with van der Waals surface area (Å²) in [4.78, 5) is 0. The van der Waals surface area contributed by atoms with Gasteiger partial charge in [-0.05, 0) is 48.4 Å². The van der Waals surface area contributed by atoms with Crippen LogP contribution in [-0.4, -0.2) is 15.6 Å². The molecule has 2 heteroatoms. The third kappa shape index (κ3) is 3.96. The molecule has 0 aliphatic carbocycles. The second-order valence-corrected chi connectivity index (χ2v) is 9.02. The van der Waals surface area contributed by atoms with Crippen LogP contribution in [0.2, 0.25) is 12.1 Å². The maximum absolute atomic E-state index is 6.02. The van der Waals surface area contributed by atoms with Crippen LogP contribution in [0, 0.1) is 12.3 Å². The highest BCUT2D eigenvalue weighted by atomic mass is 28.3. The van der Waals surface area contributed by atoms with Crippen molar-refractivity contribution in [1.82, 2.24) is 0 Å². The van der Waals surface area contributed by atoms with E-state index in [0.29, 0.717) is 5.41 Å². The zero-order valence-electron chi connectivity index (χ0n) is 12.0.